The third-order valence-electron chi connectivity index (χ3n) is 1.39. The highest BCUT2D eigenvalue weighted by Crippen LogP contribution is 2.10. The molecule has 0 aliphatic carbocycles. The first-order valence-electron chi connectivity index (χ1n) is 2.81. The van der Waals surface area contributed by atoms with E-state index in [9.17, 15) is 0 Å². The molecule has 0 aromatic heterocycles. The van der Waals surface area contributed by atoms with E-state index in [-0.39, 0.29) is 18.0 Å². The molecule has 2 unspecified atom stereocenters. The highest BCUT2D eigenvalue weighted by atomic mass is 35.5. The lowest BCUT2D eigenvalue weighted by Crippen LogP contribution is -2.24. The fourth-order valence-corrected chi connectivity index (χ4v) is 1.21. The summed E-state index contributed by atoms with van der Waals surface area (Å²) < 4.78 is 0. The Balaban J connectivity index is 2.22. The molecule has 3 heteroatoms. The second-order valence-corrected chi connectivity index (χ2v) is 2.74. The van der Waals surface area contributed by atoms with Crippen molar-refractivity contribution in [3.05, 3.63) is 0 Å². The molecule has 0 spiro atoms. The normalized spacial score (nSPS) is 38.2. The maximum atomic E-state index is 8.56. The van der Waals surface area contributed by atoms with Crippen molar-refractivity contribution in [3.8, 4) is 0 Å². The fourth-order valence-electron chi connectivity index (χ4n) is 0.909. The molecule has 2 atom stereocenters. The number of alkyl halides is 1. The summed E-state index contributed by atoms with van der Waals surface area (Å²) in [5, 5.41) is 11.9. The van der Waals surface area contributed by atoms with Crippen LogP contribution in [0.15, 0.2) is 0 Å². The molecule has 1 saturated heterocycles. The van der Waals surface area contributed by atoms with E-state index in [1.807, 2.05) is 0 Å². The van der Waals surface area contributed by atoms with E-state index in [0.29, 0.717) is 0 Å². The van der Waals surface area contributed by atoms with Crippen LogP contribution in [0.1, 0.15) is 6.42 Å². The lowest BCUT2D eigenvalue weighted by atomic mass is 10.2. The average molecular weight is 136 g/mol. The minimum absolute atomic E-state index is 0.212. The van der Waals surface area contributed by atoms with Crippen LogP contribution in [0.2, 0.25) is 0 Å². The van der Waals surface area contributed by atoms with Crippen molar-refractivity contribution in [2.45, 2.75) is 17.8 Å². The Labute approximate surface area is 53.8 Å². The summed E-state index contributed by atoms with van der Waals surface area (Å²) >= 11 is 5.71. The van der Waals surface area contributed by atoms with E-state index in [1.165, 1.54) is 0 Å². The second-order valence-electron chi connectivity index (χ2n) is 2.12. The molecule has 0 bridgehead atoms. The molecule has 48 valence electrons. The zero-order valence-corrected chi connectivity index (χ0v) is 5.36. The quantitative estimate of drug-likeness (QED) is 0.494. The molecule has 0 aromatic rings. The molecule has 1 aliphatic rings. The Morgan fingerprint density at radius 3 is 2.75 bits per heavy atom. The van der Waals surface area contributed by atoms with Crippen LogP contribution in [0.4, 0.5) is 0 Å². The predicted molar refractivity (Wildman–Crippen MR) is 33.1 cm³/mol. The summed E-state index contributed by atoms with van der Waals surface area (Å²) in [7, 11) is 0. The van der Waals surface area contributed by atoms with Crippen LogP contribution in [0.5, 0.6) is 0 Å². The monoisotopic (exact) mass is 135 g/mol. The Morgan fingerprint density at radius 2 is 2.50 bits per heavy atom. The zero-order valence-electron chi connectivity index (χ0n) is 4.60. The van der Waals surface area contributed by atoms with Crippen LogP contribution < -0.4 is 5.32 Å². The van der Waals surface area contributed by atoms with Crippen molar-refractivity contribution in [1.82, 2.24) is 5.32 Å². The fraction of sp³-hybridized carbons (Fsp3) is 1.00. The van der Waals surface area contributed by atoms with Gasteiger partial charge in [-0.25, -0.2) is 0 Å². The summed E-state index contributed by atoms with van der Waals surface area (Å²) in [6.45, 7) is 1.05. The van der Waals surface area contributed by atoms with E-state index >= 15 is 0 Å². The first kappa shape index (κ1) is 6.33. The summed E-state index contributed by atoms with van der Waals surface area (Å²) in [6.07, 6.45) is 0.901. The predicted octanol–water partition coefficient (Wildman–Crippen LogP) is -0.0520. The average Bonchev–Trinajstić information content (AvgIpc) is 2.14. The van der Waals surface area contributed by atoms with Crippen LogP contribution >= 0.6 is 11.6 Å². The van der Waals surface area contributed by atoms with E-state index < -0.39 is 0 Å². The molecule has 0 amide bonds. The van der Waals surface area contributed by atoms with Gasteiger partial charge in [-0.05, 0) is 6.42 Å². The summed E-state index contributed by atoms with van der Waals surface area (Å²) in [5.74, 6) is 0. The lowest BCUT2D eigenvalue weighted by molar-refractivity contribution is 0.255. The van der Waals surface area contributed by atoms with Crippen molar-refractivity contribution in [1.29, 1.82) is 0 Å². The Morgan fingerprint density at radius 1 is 1.75 bits per heavy atom. The highest BCUT2D eigenvalue weighted by Gasteiger charge is 2.20. The van der Waals surface area contributed by atoms with Gasteiger partial charge in [0.25, 0.3) is 0 Å². The zero-order chi connectivity index (χ0) is 5.98. The summed E-state index contributed by atoms with van der Waals surface area (Å²) in [4.78, 5) is 0. The van der Waals surface area contributed by atoms with Gasteiger partial charge in [-0.15, -0.1) is 11.6 Å². The molecular formula is C5H10ClNO. The first-order chi connectivity index (χ1) is 3.83. The molecule has 1 heterocycles. The third kappa shape index (κ3) is 1.34. The van der Waals surface area contributed by atoms with Gasteiger partial charge in [-0.2, -0.15) is 0 Å². The van der Waals surface area contributed by atoms with Gasteiger partial charge in [0.2, 0.25) is 0 Å². The Hall–Kier alpha value is 0.210. The van der Waals surface area contributed by atoms with E-state index in [0.717, 1.165) is 13.0 Å². The topological polar surface area (TPSA) is 32.3 Å². The van der Waals surface area contributed by atoms with Crippen molar-refractivity contribution >= 4 is 11.6 Å². The molecule has 1 rings (SSSR count). The molecule has 0 saturated carbocycles. The Kier molecular flexibility index (Phi) is 2.11. The standard InChI is InChI=1S/C5H10ClNO/c6-4-1-5(3-8)7-2-4/h4-5,7-8H,1-3H2. The number of hydrogen-bond acceptors (Lipinski definition) is 2. The van der Waals surface area contributed by atoms with E-state index in [2.05, 4.69) is 5.32 Å². The van der Waals surface area contributed by atoms with Crippen LogP contribution in [0, 0.1) is 0 Å². The van der Waals surface area contributed by atoms with Gasteiger partial charge in [0.1, 0.15) is 0 Å². The van der Waals surface area contributed by atoms with Gasteiger partial charge in [0.15, 0.2) is 0 Å². The number of halogens is 1. The summed E-state index contributed by atoms with van der Waals surface area (Å²) in [5.41, 5.74) is 0. The third-order valence-corrected chi connectivity index (χ3v) is 1.72. The number of aliphatic hydroxyl groups is 1. The number of nitrogens with one attached hydrogen (secondary N) is 1. The van der Waals surface area contributed by atoms with Crippen molar-refractivity contribution in [2.75, 3.05) is 13.2 Å². The van der Waals surface area contributed by atoms with Crippen LogP contribution in [-0.2, 0) is 0 Å². The highest BCUT2D eigenvalue weighted by molar-refractivity contribution is 6.21. The molecule has 0 aromatic carbocycles. The molecular weight excluding hydrogens is 126 g/mol. The number of rotatable bonds is 1. The van der Waals surface area contributed by atoms with Gasteiger partial charge in [-0.1, -0.05) is 0 Å². The smallest absolute Gasteiger partial charge is 0.0585 e. The van der Waals surface area contributed by atoms with Gasteiger partial charge >= 0.3 is 0 Å². The van der Waals surface area contributed by atoms with Gasteiger partial charge in [0, 0.05) is 18.0 Å². The maximum Gasteiger partial charge on any atom is 0.0585 e. The Bertz CT molecular complexity index is 78.8. The lowest BCUT2D eigenvalue weighted by Gasteiger charge is -2.01. The SMILES string of the molecule is OCC1CC(Cl)CN1. The van der Waals surface area contributed by atoms with Crippen LogP contribution in [0.3, 0.4) is 0 Å². The molecule has 1 fully saturated rings. The van der Waals surface area contributed by atoms with Crippen LogP contribution in [-0.4, -0.2) is 29.7 Å². The molecule has 2 nitrogen and oxygen atoms in total. The van der Waals surface area contributed by atoms with Gasteiger partial charge in [-0.3, -0.25) is 0 Å². The minimum atomic E-state index is 0.212. The van der Waals surface area contributed by atoms with E-state index in [1.54, 1.807) is 0 Å². The number of hydrogen-bond donors (Lipinski definition) is 2. The second kappa shape index (κ2) is 2.67. The molecule has 1 aliphatic heterocycles. The minimum Gasteiger partial charge on any atom is -0.395 e. The van der Waals surface area contributed by atoms with E-state index in [4.69, 9.17) is 16.7 Å². The van der Waals surface area contributed by atoms with Crippen molar-refractivity contribution in [2.24, 2.45) is 0 Å². The molecule has 8 heavy (non-hydrogen) atoms. The van der Waals surface area contributed by atoms with Crippen molar-refractivity contribution in [3.63, 3.8) is 0 Å². The van der Waals surface area contributed by atoms with Crippen LogP contribution in [0.25, 0.3) is 0 Å². The largest absolute Gasteiger partial charge is 0.395 e. The van der Waals surface area contributed by atoms with Gasteiger partial charge in [0.05, 0.1) is 6.61 Å². The first-order valence-corrected chi connectivity index (χ1v) is 3.25. The van der Waals surface area contributed by atoms with Crippen molar-refractivity contribution < 1.29 is 5.11 Å². The maximum absolute atomic E-state index is 8.56. The summed E-state index contributed by atoms with van der Waals surface area (Å²) in [6, 6.07) is 0.248. The number of aliphatic hydroxyl groups excluding tert-OH is 1. The van der Waals surface area contributed by atoms with Gasteiger partial charge < -0.3 is 10.4 Å². The molecule has 2 N–H and O–H groups in total. The molecule has 0 radical (unpaired) electrons.